The van der Waals surface area contributed by atoms with Gasteiger partial charge < -0.3 is 10.4 Å². The Morgan fingerprint density at radius 1 is 1.21 bits per heavy atom. The molecule has 0 aliphatic carbocycles. The summed E-state index contributed by atoms with van der Waals surface area (Å²) in [5, 5.41) is 13.2. The molecule has 2 N–H and O–H groups in total. The minimum absolute atomic E-state index is 0.0833. The highest BCUT2D eigenvalue weighted by molar-refractivity contribution is 5.10. The van der Waals surface area contributed by atoms with E-state index in [2.05, 4.69) is 24.1 Å². The van der Waals surface area contributed by atoms with Crippen molar-refractivity contribution in [3.05, 3.63) is 29.8 Å². The maximum atomic E-state index is 12.9. The molecule has 19 heavy (non-hydrogen) atoms. The quantitative estimate of drug-likeness (QED) is 0.799. The van der Waals surface area contributed by atoms with Gasteiger partial charge in [-0.2, -0.15) is 0 Å². The highest BCUT2D eigenvalue weighted by Gasteiger charge is 2.17. The number of aliphatic hydroxyl groups is 1. The van der Waals surface area contributed by atoms with E-state index in [9.17, 15) is 9.50 Å². The molecule has 4 heteroatoms. The Kier molecular flexibility index (Phi) is 6.38. The van der Waals surface area contributed by atoms with Gasteiger partial charge in [0.1, 0.15) is 5.82 Å². The third kappa shape index (κ3) is 5.25. The average molecular weight is 268 g/mol. The Balaban J connectivity index is 2.57. The van der Waals surface area contributed by atoms with Crippen LogP contribution in [0.25, 0.3) is 0 Å². The molecule has 3 nitrogen and oxygen atoms in total. The molecule has 0 bridgehead atoms. The van der Waals surface area contributed by atoms with Crippen molar-refractivity contribution in [2.75, 3.05) is 6.54 Å². The van der Waals surface area contributed by atoms with Gasteiger partial charge in [0.05, 0.1) is 24.0 Å². The Morgan fingerprint density at radius 2 is 1.89 bits per heavy atom. The highest BCUT2D eigenvalue weighted by Crippen LogP contribution is 2.20. The second-order valence-corrected chi connectivity index (χ2v) is 5.68. The molecule has 2 unspecified atom stereocenters. The zero-order valence-electron chi connectivity index (χ0n) is 12.2. The molecular formula is C15H25FN2O. The van der Waals surface area contributed by atoms with Crippen LogP contribution in [0.2, 0.25) is 0 Å². The third-order valence-corrected chi connectivity index (χ3v) is 3.31. The van der Waals surface area contributed by atoms with Gasteiger partial charge in [-0.15, -0.1) is 0 Å². The largest absolute Gasteiger partial charge is 0.393 e. The normalized spacial score (nSPS) is 14.9. The second kappa shape index (κ2) is 7.56. The fourth-order valence-electron chi connectivity index (χ4n) is 1.97. The summed E-state index contributed by atoms with van der Waals surface area (Å²) in [6, 6.07) is 3.23. The Bertz CT molecular complexity index is 365. The summed E-state index contributed by atoms with van der Waals surface area (Å²) in [6.45, 7) is 8.93. The van der Waals surface area contributed by atoms with Gasteiger partial charge in [0.25, 0.3) is 0 Å². The molecule has 0 saturated heterocycles. The number of nitrogens with one attached hydrogen (secondary N) is 1. The van der Waals surface area contributed by atoms with Crippen molar-refractivity contribution in [2.24, 2.45) is 11.8 Å². The standard InChI is InChI=1S/C15H25FN2O/c1-10(2)14(19)7-8-17-15(11(3)4)13-6-5-12(16)9-18-13/h5-6,9-11,14-15,17,19H,7-8H2,1-4H3. The van der Waals surface area contributed by atoms with Crippen LogP contribution in [0.15, 0.2) is 18.3 Å². The average Bonchev–Trinajstić information content (AvgIpc) is 2.35. The van der Waals surface area contributed by atoms with Crippen LogP contribution in [-0.4, -0.2) is 22.7 Å². The maximum absolute atomic E-state index is 12.9. The second-order valence-electron chi connectivity index (χ2n) is 5.68. The van der Waals surface area contributed by atoms with E-state index in [0.29, 0.717) is 12.3 Å². The monoisotopic (exact) mass is 268 g/mol. The number of hydrogen-bond acceptors (Lipinski definition) is 3. The molecule has 1 aromatic heterocycles. The first-order valence-electron chi connectivity index (χ1n) is 6.94. The van der Waals surface area contributed by atoms with E-state index in [4.69, 9.17) is 0 Å². The summed E-state index contributed by atoms with van der Waals surface area (Å²) in [4.78, 5) is 4.13. The van der Waals surface area contributed by atoms with Crippen LogP contribution < -0.4 is 5.32 Å². The van der Waals surface area contributed by atoms with Crippen molar-refractivity contribution in [1.29, 1.82) is 0 Å². The van der Waals surface area contributed by atoms with E-state index < -0.39 is 0 Å². The van der Waals surface area contributed by atoms with E-state index >= 15 is 0 Å². The van der Waals surface area contributed by atoms with Gasteiger partial charge >= 0.3 is 0 Å². The van der Waals surface area contributed by atoms with Gasteiger partial charge in [-0.3, -0.25) is 4.98 Å². The van der Waals surface area contributed by atoms with E-state index in [0.717, 1.165) is 12.2 Å². The molecule has 0 aliphatic heterocycles. The molecule has 1 heterocycles. The first kappa shape index (κ1) is 16.1. The summed E-state index contributed by atoms with van der Waals surface area (Å²) in [6.07, 6.45) is 1.67. The lowest BCUT2D eigenvalue weighted by Gasteiger charge is -2.23. The molecule has 0 saturated carbocycles. The van der Waals surface area contributed by atoms with Crippen LogP contribution in [0.3, 0.4) is 0 Å². The van der Waals surface area contributed by atoms with E-state index in [1.165, 1.54) is 12.3 Å². The number of aromatic nitrogens is 1. The number of rotatable bonds is 7. The zero-order valence-corrected chi connectivity index (χ0v) is 12.2. The predicted molar refractivity (Wildman–Crippen MR) is 75.2 cm³/mol. The fraction of sp³-hybridized carbons (Fsp3) is 0.667. The molecule has 1 aromatic rings. The van der Waals surface area contributed by atoms with Gasteiger partial charge in [-0.05, 0) is 36.9 Å². The molecule has 1 rings (SSSR count). The number of pyridine rings is 1. The summed E-state index contributed by atoms with van der Waals surface area (Å²) in [7, 11) is 0. The molecule has 0 amide bonds. The van der Waals surface area contributed by atoms with E-state index in [-0.39, 0.29) is 23.9 Å². The van der Waals surface area contributed by atoms with Crippen molar-refractivity contribution in [1.82, 2.24) is 10.3 Å². The van der Waals surface area contributed by atoms with Crippen molar-refractivity contribution in [2.45, 2.75) is 46.3 Å². The first-order valence-corrected chi connectivity index (χ1v) is 6.94. The summed E-state index contributed by atoms with van der Waals surface area (Å²) < 4.78 is 12.9. The van der Waals surface area contributed by atoms with Crippen LogP contribution >= 0.6 is 0 Å². The molecule has 0 radical (unpaired) electrons. The van der Waals surface area contributed by atoms with E-state index in [1.54, 1.807) is 6.07 Å². The van der Waals surface area contributed by atoms with Crippen molar-refractivity contribution >= 4 is 0 Å². The van der Waals surface area contributed by atoms with Crippen molar-refractivity contribution < 1.29 is 9.50 Å². The zero-order chi connectivity index (χ0) is 14.4. The van der Waals surface area contributed by atoms with Gasteiger partial charge in [-0.1, -0.05) is 27.7 Å². The van der Waals surface area contributed by atoms with Gasteiger partial charge in [0, 0.05) is 0 Å². The summed E-state index contributed by atoms with van der Waals surface area (Å²) in [5.74, 6) is 0.305. The minimum Gasteiger partial charge on any atom is -0.393 e. The van der Waals surface area contributed by atoms with Crippen LogP contribution in [0, 0.1) is 17.7 Å². The third-order valence-electron chi connectivity index (χ3n) is 3.31. The van der Waals surface area contributed by atoms with Crippen LogP contribution in [0.5, 0.6) is 0 Å². The smallest absolute Gasteiger partial charge is 0.141 e. The maximum Gasteiger partial charge on any atom is 0.141 e. The lowest BCUT2D eigenvalue weighted by Crippen LogP contribution is -2.30. The van der Waals surface area contributed by atoms with Gasteiger partial charge in [0.2, 0.25) is 0 Å². The Hall–Kier alpha value is -1.00. The molecule has 0 aliphatic rings. The molecule has 0 aromatic carbocycles. The Morgan fingerprint density at radius 3 is 2.37 bits per heavy atom. The SMILES string of the molecule is CC(C)C(O)CCNC(c1ccc(F)cn1)C(C)C. The number of aliphatic hydroxyl groups excluding tert-OH is 1. The predicted octanol–water partition coefficient (Wildman–Crippen LogP) is 2.91. The number of hydrogen-bond donors (Lipinski definition) is 2. The molecule has 108 valence electrons. The molecule has 0 spiro atoms. The van der Waals surface area contributed by atoms with Crippen LogP contribution in [-0.2, 0) is 0 Å². The summed E-state index contributed by atoms with van der Waals surface area (Å²) in [5.41, 5.74) is 0.843. The van der Waals surface area contributed by atoms with Crippen LogP contribution in [0.1, 0.15) is 45.9 Å². The number of nitrogens with zero attached hydrogens (tertiary/aromatic N) is 1. The lowest BCUT2D eigenvalue weighted by molar-refractivity contribution is 0.114. The van der Waals surface area contributed by atoms with Crippen molar-refractivity contribution in [3.63, 3.8) is 0 Å². The molecule has 0 fully saturated rings. The van der Waals surface area contributed by atoms with Gasteiger partial charge in [0.15, 0.2) is 0 Å². The highest BCUT2D eigenvalue weighted by atomic mass is 19.1. The van der Waals surface area contributed by atoms with E-state index in [1.807, 2.05) is 13.8 Å². The summed E-state index contributed by atoms with van der Waals surface area (Å²) >= 11 is 0. The van der Waals surface area contributed by atoms with Crippen LogP contribution in [0.4, 0.5) is 4.39 Å². The fourth-order valence-corrected chi connectivity index (χ4v) is 1.97. The Labute approximate surface area is 115 Å². The van der Waals surface area contributed by atoms with Crippen molar-refractivity contribution in [3.8, 4) is 0 Å². The lowest BCUT2D eigenvalue weighted by atomic mass is 9.99. The molecule has 2 atom stereocenters. The van der Waals surface area contributed by atoms with Gasteiger partial charge in [-0.25, -0.2) is 4.39 Å². The first-order chi connectivity index (χ1) is 8.91. The number of halogens is 1. The minimum atomic E-state index is -0.318. The molecular weight excluding hydrogens is 243 g/mol. The topological polar surface area (TPSA) is 45.1 Å².